The van der Waals surface area contributed by atoms with Crippen molar-refractivity contribution in [3.8, 4) is 0 Å². The first-order valence-corrected chi connectivity index (χ1v) is 7.72. The van der Waals surface area contributed by atoms with Gasteiger partial charge in [-0.05, 0) is 45.8 Å². The summed E-state index contributed by atoms with van der Waals surface area (Å²) in [6.45, 7) is 0. The highest BCUT2D eigenvalue weighted by molar-refractivity contribution is 9.10. The Morgan fingerprint density at radius 2 is 1.82 bits per heavy atom. The first-order valence-electron chi connectivity index (χ1n) is 4.56. The zero-order valence-corrected chi connectivity index (χ0v) is 13.8. The fourth-order valence-electron chi connectivity index (χ4n) is 1.40. The first kappa shape index (κ1) is 13.8. The fraction of sp³-hybridized carbons (Fsp3) is 0.0909. The number of rotatable bonds is 2. The molecule has 1 aromatic heterocycles. The van der Waals surface area contributed by atoms with E-state index >= 15 is 0 Å². The van der Waals surface area contributed by atoms with E-state index in [1.807, 2.05) is 12.1 Å². The number of thiophene rings is 1. The van der Waals surface area contributed by atoms with E-state index in [9.17, 15) is 5.11 Å². The molecule has 0 radical (unpaired) electrons. The van der Waals surface area contributed by atoms with E-state index in [2.05, 4.69) is 31.9 Å². The molecule has 1 nitrogen and oxygen atoms in total. The molecule has 0 fully saturated rings. The van der Waals surface area contributed by atoms with Gasteiger partial charge in [-0.2, -0.15) is 0 Å². The number of hydrogen-bond donors (Lipinski definition) is 1. The van der Waals surface area contributed by atoms with E-state index < -0.39 is 6.10 Å². The highest BCUT2D eigenvalue weighted by atomic mass is 79.9. The van der Waals surface area contributed by atoms with Gasteiger partial charge < -0.3 is 5.11 Å². The standard InChI is InChI=1S/C11H6Br2Cl2OS/c12-6-1-5(2-7(14)3-6)10(16)9-4-8(13)11(15)17-9/h1-4,10,16H. The summed E-state index contributed by atoms with van der Waals surface area (Å²) in [4.78, 5) is 0.774. The Hall–Kier alpha value is 0.420. The molecule has 1 unspecified atom stereocenters. The van der Waals surface area contributed by atoms with Gasteiger partial charge in [-0.3, -0.25) is 0 Å². The highest BCUT2D eigenvalue weighted by Crippen LogP contribution is 2.38. The van der Waals surface area contributed by atoms with Crippen molar-refractivity contribution in [3.63, 3.8) is 0 Å². The molecule has 0 spiro atoms. The molecule has 17 heavy (non-hydrogen) atoms. The molecular formula is C11H6Br2Cl2OS. The fourth-order valence-corrected chi connectivity index (χ4v) is 4.03. The summed E-state index contributed by atoms with van der Waals surface area (Å²) in [5.41, 5.74) is 0.731. The summed E-state index contributed by atoms with van der Waals surface area (Å²) in [5.74, 6) is 0. The monoisotopic (exact) mass is 414 g/mol. The van der Waals surface area contributed by atoms with E-state index in [4.69, 9.17) is 23.2 Å². The van der Waals surface area contributed by atoms with Crippen LogP contribution in [0.2, 0.25) is 9.36 Å². The Bertz CT molecular complexity index is 517. The Balaban J connectivity index is 2.39. The lowest BCUT2D eigenvalue weighted by molar-refractivity contribution is 0.224. The van der Waals surface area contributed by atoms with Gasteiger partial charge in [-0.25, -0.2) is 0 Å². The van der Waals surface area contributed by atoms with Crippen molar-refractivity contribution in [2.45, 2.75) is 6.10 Å². The highest BCUT2D eigenvalue weighted by Gasteiger charge is 2.16. The van der Waals surface area contributed by atoms with Crippen LogP contribution in [0.3, 0.4) is 0 Å². The molecule has 2 aromatic rings. The van der Waals surface area contributed by atoms with Gasteiger partial charge in [0.05, 0.1) is 0 Å². The number of aliphatic hydroxyl groups is 1. The second-order valence-corrected chi connectivity index (χ2v) is 7.27. The van der Waals surface area contributed by atoms with Crippen molar-refractivity contribution >= 4 is 66.4 Å². The number of benzene rings is 1. The van der Waals surface area contributed by atoms with E-state index in [0.717, 1.165) is 19.4 Å². The van der Waals surface area contributed by atoms with Crippen LogP contribution in [-0.2, 0) is 0 Å². The average molecular weight is 417 g/mol. The molecular weight excluding hydrogens is 411 g/mol. The van der Waals surface area contributed by atoms with Crippen molar-refractivity contribution < 1.29 is 5.11 Å². The molecule has 0 saturated carbocycles. The van der Waals surface area contributed by atoms with Crippen LogP contribution in [0.4, 0.5) is 0 Å². The van der Waals surface area contributed by atoms with Crippen molar-refractivity contribution in [2.24, 2.45) is 0 Å². The van der Waals surface area contributed by atoms with Crippen LogP contribution in [-0.4, -0.2) is 5.11 Å². The van der Waals surface area contributed by atoms with Gasteiger partial charge in [-0.15, -0.1) is 11.3 Å². The second-order valence-electron chi connectivity index (χ2n) is 3.38. The SMILES string of the molecule is OC(c1cc(Cl)cc(Br)c1)c1cc(Br)c(Cl)s1. The molecule has 1 N–H and O–H groups in total. The minimum Gasteiger partial charge on any atom is -0.383 e. The molecule has 0 bridgehead atoms. The van der Waals surface area contributed by atoms with Crippen LogP contribution in [0.1, 0.15) is 16.5 Å². The summed E-state index contributed by atoms with van der Waals surface area (Å²) in [6.07, 6.45) is -0.723. The van der Waals surface area contributed by atoms with Gasteiger partial charge in [-0.1, -0.05) is 39.1 Å². The maximum Gasteiger partial charge on any atom is 0.113 e. The molecule has 0 aliphatic heterocycles. The Morgan fingerprint density at radius 3 is 2.35 bits per heavy atom. The lowest BCUT2D eigenvalue weighted by Crippen LogP contribution is -1.96. The molecule has 1 atom stereocenters. The van der Waals surface area contributed by atoms with Gasteiger partial charge in [0, 0.05) is 18.8 Å². The molecule has 0 aliphatic rings. The summed E-state index contributed by atoms with van der Waals surface area (Å²) in [6, 6.07) is 7.15. The largest absolute Gasteiger partial charge is 0.383 e. The molecule has 0 saturated heterocycles. The molecule has 2 rings (SSSR count). The zero-order chi connectivity index (χ0) is 12.6. The normalized spacial score (nSPS) is 12.8. The average Bonchev–Trinajstić information content (AvgIpc) is 2.57. The van der Waals surface area contributed by atoms with Crippen LogP contribution in [0, 0.1) is 0 Å². The predicted octanol–water partition coefficient (Wildman–Crippen LogP) is 5.66. The van der Waals surface area contributed by atoms with Crippen molar-refractivity contribution in [3.05, 3.63) is 53.0 Å². The molecule has 90 valence electrons. The summed E-state index contributed by atoms with van der Waals surface area (Å²) >= 11 is 19.9. The van der Waals surface area contributed by atoms with Gasteiger partial charge in [0.1, 0.15) is 10.4 Å². The first-order chi connectivity index (χ1) is 7.97. The summed E-state index contributed by atoms with van der Waals surface area (Å²) in [7, 11) is 0. The van der Waals surface area contributed by atoms with Crippen LogP contribution in [0.5, 0.6) is 0 Å². The molecule has 0 aliphatic carbocycles. The van der Waals surface area contributed by atoms with Crippen molar-refractivity contribution in [1.29, 1.82) is 0 Å². The van der Waals surface area contributed by atoms with Crippen LogP contribution < -0.4 is 0 Å². The van der Waals surface area contributed by atoms with Gasteiger partial charge in [0.2, 0.25) is 0 Å². The number of hydrogen-bond acceptors (Lipinski definition) is 2. The second kappa shape index (κ2) is 5.59. The minimum absolute atomic E-state index is 0.579. The van der Waals surface area contributed by atoms with E-state index in [1.54, 1.807) is 12.1 Å². The lowest BCUT2D eigenvalue weighted by atomic mass is 10.1. The third-order valence-electron chi connectivity index (χ3n) is 2.13. The smallest absolute Gasteiger partial charge is 0.113 e. The number of aliphatic hydroxyl groups excluding tert-OH is 1. The third-order valence-corrected chi connectivity index (χ3v) is 5.34. The molecule has 1 aromatic carbocycles. The maximum atomic E-state index is 10.2. The Kier molecular flexibility index (Phi) is 4.55. The van der Waals surface area contributed by atoms with Crippen molar-refractivity contribution in [1.82, 2.24) is 0 Å². The quantitative estimate of drug-likeness (QED) is 0.669. The predicted molar refractivity (Wildman–Crippen MR) is 80.2 cm³/mol. The lowest BCUT2D eigenvalue weighted by Gasteiger charge is -2.09. The Morgan fingerprint density at radius 1 is 1.12 bits per heavy atom. The van der Waals surface area contributed by atoms with E-state index in [0.29, 0.717) is 9.36 Å². The van der Waals surface area contributed by atoms with Crippen LogP contribution >= 0.6 is 66.4 Å². The summed E-state index contributed by atoms with van der Waals surface area (Å²) < 4.78 is 2.25. The van der Waals surface area contributed by atoms with Gasteiger partial charge in [0.25, 0.3) is 0 Å². The Labute approximate surface area is 130 Å². The molecule has 6 heteroatoms. The van der Waals surface area contributed by atoms with Crippen LogP contribution in [0.15, 0.2) is 33.2 Å². The molecule has 1 heterocycles. The summed E-state index contributed by atoms with van der Waals surface area (Å²) in [5, 5.41) is 10.8. The molecule has 0 amide bonds. The van der Waals surface area contributed by atoms with E-state index in [-0.39, 0.29) is 0 Å². The van der Waals surface area contributed by atoms with Gasteiger partial charge in [0.15, 0.2) is 0 Å². The van der Waals surface area contributed by atoms with E-state index in [1.165, 1.54) is 11.3 Å². The minimum atomic E-state index is -0.723. The van der Waals surface area contributed by atoms with Crippen LogP contribution in [0.25, 0.3) is 0 Å². The maximum absolute atomic E-state index is 10.2. The third kappa shape index (κ3) is 3.25. The number of halogens is 4. The topological polar surface area (TPSA) is 20.2 Å². The van der Waals surface area contributed by atoms with Crippen molar-refractivity contribution in [2.75, 3.05) is 0 Å². The zero-order valence-electron chi connectivity index (χ0n) is 8.25. The van der Waals surface area contributed by atoms with Gasteiger partial charge >= 0.3 is 0 Å².